The molecule has 0 saturated carbocycles. The van der Waals surface area contributed by atoms with Gasteiger partial charge < -0.3 is 4.90 Å². The summed E-state index contributed by atoms with van der Waals surface area (Å²) in [4.78, 5) is 6.86. The zero-order valence-corrected chi connectivity index (χ0v) is 14.4. The Morgan fingerprint density at radius 2 is 2.08 bits per heavy atom. The first kappa shape index (κ1) is 15.2. The molecule has 0 fully saturated rings. The number of hydrogen-bond acceptors (Lipinski definition) is 4. The SMILES string of the molecule is Cc1cc(N(C)Cc2cnn(C)c2)n2c(nc3ccccc32)c1C#N. The number of nitriles is 1. The number of para-hydroxylation sites is 2. The van der Waals surface area contributed by atoms with Crippen molar-refractivity contribution in [3.8, 4) is 6.07 Å². The van der Waals surface area contributed by atoms with E-state index in [0.29, 0.717) is 11.2 Å². The van der Waals surface area contributed by atoms with Crippen molar-refractivity contribution in [1.82, 2.24) is 19.2 Å². The van der Waals surface area contributed by atoms with Gasteiger partial charge in [-0.25, -0.2) is 4.98 Å². The first-order valence-corrected chi connectivity index (χ1v) is 8.08. The molecule has 0 spiro atoms. The number of anilines is 1. The van der Waals surface area contributed by atoms with E-state index in [-0.39, 0.29) is 0 Å². The third kappa shape index (κ3) is 2.41. The molecule has 0 bridgehead atoms. The minimum absolute atomic E-state index is 0.620. The van der Waals surface area contributed by atoms with Gasteiger partial charge in [-0.15, -0.1) is 0 Å². The van der Waals surface area contributed by atoms with Gasteiger partial charge in [-0.1, -0.05) is 12.1 Å². The lowest BCUT2D eigenvalue weighted by atomic mass is 10.1. The second-order valence-electron chi connectivity index (χ2n) is 6.31. The molecule has 0 unspecified atom stereocenters. The zero-order valence-electron chi connectivity index (χ0n) is 14.4. The van der Waals surface area contributed by atoms with Gasteiger partial charge in [0.25, 0.3) is 0 Å². The van der Waals surface area contributed by atoms with E-state index >= 15 is 0 Å². The Balaban J connectivity index is 1.95. The van der Waals surface area contributed by atoms with E-state index in [0.717, 1.165) is 34.5 Å². The number of fused-ring (bicyclic) bond motifs is 3. The third-order valence-corrected chi connectivity index (χ3v) is 4.43. The fourth-order valence-electron chi connectivity index (χ4n) is 3.26. The smallest absolute Gasteiger partial charge is 0.157 e. The summed E-state index contributed by atoms with van der Waals surface area (Å²) in [5.41, 5.74) is 5.28. The number of hydrogen-bond donors (Lipinski definition) is 0. The Morgan fingerprint density at radius 3 is 2.80 bits per heavy atom. The summed E-state index contributed by atoms with van der Waals surface area (Å²) in [6, 6.07) is 12.3. The molecule has 0 radical (unpaired) electrons. The van der Waals surface area contributed by atoms with Gasteiger partial charge in [-0.2, -0.15) is 10.4 Å². The first-order chi connectivity index (χ1) is 12.1. The maximum atomic E-state index is 9.58. The molecule has 124 valence electrons. The van der Waals surface area contributed by atoms with Gasteiger partial charge in [0.05, 0.1) is 22.8 Å². The normalized spacial score (nSPS) is 11.1. The van der Waals surface area contributed by atoms with Crippen molar-refractivity contribution in [3.63, 3.8) is 0 Å². The van der Waals surface area contributed by atoms with Crippen molar-refractivity contribution in [2.24, 2.45) is 7.05 Å². The number of benzene rings is 1. The Kier molecular flexibility index (Phi) is 3.43. The van der Waals surface area contributed by atoms with Crippen LogP contribution >= 0.6 is 0 Å². The van der Waals surface area contributed by atoms with Crippen LogP contribution in [0.15, 0.2) is 42.7 Å². The fourth-order valence-corrected chi connectivity index (χ4v) is 3.26. The van der Waals surface area contributed by atoms with Crippen molar-refractivity contribution >= 4 is 22.5 Å². The summed E-state index contributed by atoms with van der Waals surface area (Å²) in [6.45, 7) is 2.68. The number of nitrogens with zero attached hydrogens (tertiary/aromatic N) is 6. The van der Waals surface area contributed by atoms with E-state index in [1.54, 1.807) is 4.68 Å². The molecule has 6 heteroatoms. The quantitative estimate of drug-likeness (QED) is 0.579. The van der Waals surface area contributed by atoms with Crippen LogP contribution in [0.1, 0.15) is 16.7 Å². The molecular weight excluding hydrogens is 312 g/mol. The molecule has 0 aliphatic heterocycles. The molecule has 3 aromatic heterocycles. The molecule has 4 rings (SSSR count). The predicted molar refractivity (Wildman–Crippen MR) is 97.5 cm³/mol. The summed E-state index contributed by atoms with van der Waals surface area (Å²) in [7, 11) is 3.96. The number of aromatic nitrogens is 4. The Bertz CT molecular complexity index is 1130. The minimum atomic E-state index is 0.620. The Morgan fingerprint density at radius 1 is 1.28 bits per heavy atom. The highest BCUT2D eigenvalue weighted by Gasteiger charge is 2.17. The van der Waals surface area contributed by atoms with Gasteiger partial charge >= 0.3 is 0 Å². The summed E-state index contributed by atoms with van der Waals surface area (Å²) in [6.07, 6.45) is 3.88. The monoisotopic (exact) mass is 330 g/mol. The van der Waals surface area contributed by atoms with Crippen molar-refractivity contribution in [2.45, 2.75) is 13.5 Å². The van der Waals surface area contributed by atoms with E-state index in [1.165, 1.54) is 0 Å². The minimum Gasteiger partial charge on any atom is -0.356 e. The molecule has 25 heavy (non-hydrogen) atoms. The van der Waals surface area contributed by atoms with Gasteiger partial charge in [0.2, 0.25) is 0 Å². The van der Waals surface area contributed by atoms with Crippen LogP contribution in [0.4, 0.5) is 5.82 Å². The van der Waals surface area contributed by atoms with Gasteiger partial charge in [-0.3, -0.25) is 9.08 Å². The van der Waals surface area contributed by atoms with Crippen LogP contribution in [0, 0.1) is 18.3 Å². The molecule has 0 atom stereocenters. The molecule has 0 aliphatic carbocycles. The standard InChI is InChI=1S/C19H18N6/c1-13-8-18(23(2)11-14-10-21-24(3)12-14)25-17-7-5-4-6-16(17)22-19(25)15(13)9-20/h4-8,10,12H,11H2,1-3H3. The third-order valence-electron chi connectivity index (χ3n) is 4.43. The molecule has 0 aliphatic rings. The molecule has 6 nitrogen and oxygen atoms in total. The van der Waals surface area contributed by atoms with Crippen LogP contribution in [0.5, 0.6) is 0 Å². The lowest BCUT2D eigenvalue weighted by Gasteiger charge is -2.21. The van der Waals surface area contributed by atoms with Crippen LogP contribution in [0.3, 0.4) is 0 Å². The van der Waals surface area contributed by atoms with Crippen molar-refractivity contribution < 1.29 is 0 Å². The Hall–Kier alpha value is -3.33. The van der Waals surface area contributed by atoms with Gasteiger partial charge in [0.15, 0.2) is 5.65 Å². The Labute approximate surface area is 145 Å². The maximum Gasteiger partial charge on any atom is 0.157 e. The summed E-state index contributed by atoms with van der Waals surface area (Å²) >= 11 is 0. The molecule has 0 amide bonds. The van der Waals surface area contributed by atoms with E-state index in [4.69, 9.17) is 4.98 Å². The van der Waals surface area contributed by atoms with Gasteiger partial charge in [0.1, 0.15) is 11.9 Å². The molecule has 0 saturated heterocycles. The van der Waals surface area contributed by atoms with Crippen LogP contribution in [-0.4, -0.2) is 26.2 Å². The predicted octanol–water partition coefficient (Wildman–Crippen LogP) is 3.04. The average Bonchev–Trinajstić information content (AvgIpc) is 3.17. The molecular formula is C19H18N6. The van der Waals surface area contributed by atoms with Crippen LogP contribution in [0.25, 0.3) is 16.7 Å². The van der Waals surface area contributed by atoms with E-state index in [9.17, 15) is 5.26 Å². The molecule has 1 aromatic carbocycles. The number of aryl methyl sites for hydroxylation is 2. The number of pyridine rings is 1. The summed E-state index contributed by atoms with van der Waals surface area (Å²) in [5.74, 6) is 1.00. The molecule has 4 aromatic rings. The summed E-state index contributed by atoms with van der Waals surface area (Å²) in [5, 5.41) is 13.8. The number of rotatable bonds is 3. The lowest BCUT2D eigenvalue weighted by molar-refractivity contribution is 0.766. The second-order valence-corrected chi connectivity index (χ2v) is 6.31. The highest BCUT2D eigenvalue weighted by atomic mass is 15.3. The van der Waals surface area contributed by atoms with E-state index in [1.807, 2.05) is 57.7 Å². The van der Waals surface area contributed by atoms with Crippen molar-refractivity contribution in [3.05, 3.63) is 59.4 Å². The van der Waals surface area contributed by atoms with Crippen molar-refractivity contribution in [1.29, 1.82) is 5.26 Å². The van der Waals surface area contributed by atoms with Crippen LogP contribution in [-0.2, 0) is 13.6 Å². The molecule has 3 heterocycles. The van der Waals surface area contributed by atoms with Gasteiger partial charge in [0, 0.05) is 32.4 Å². The first-order valence-electron chi connectivity index (χ1n) is 8.08. The van der Waals surface area contributed by atoms with Crippen LogP contribution in [0.2, 0.25) is 0 Å². The van der Waals surface area contributed by atoms with Crippen LogP contribution < -0.4 is 4.90 Å². The van der Waals surface area contributed by atoms with E-state index < -0.39 is 0 Å². The van der Waals surface area contributed by atoms with Gasteiger partial charge in [-0.05, 0) is 30.7 Å². The molecule has 0 N–H and O–H groups in total. The topological polar surface area (TPSA) is 62.1 Å². The van der Waals surface area contributed by atoms with Crippen molar-refractivity contribution in [2.75, 3.05) is 11.9 Å². The lowest BCUT2D eigenvalue weighted by Crippen LogP contribution is -2.19. The average molecular weight is 330 g/mol. The zero-order chi connectivity index (χ0) is 17.6. The number of imidazole rings is 1. The fraction of sp³-hybridized carbons (Fsp3) is 0.211. The largest absolute Gasteiger partial charge is 0.356 e. The maximum absolute atomic E-state index is 9.58. The highest BCUT2D eigenvalue weighted by Crippen LogP contribution is 2.28. The summed E-state index contributed by atoms with van der Waals surface area (Å²) < 4.78 is 3.87. The van der Waals surface area contributed by atoms with E-state index in [2.05, 4.69) is 26.5 Å². The highest BCUT2D eigenvalue weighted by molar-refractivity contribution is 5.85. The second kappa shape index (κ2) is 5.64.